The van der Waals surface area contributed by atoms with E-state index in [1.165, 1.54) is 17.4 Å². The van der Waals surface area contributed by atoms with E-state index in [0.717, 1.165) is 4.70 Å². The van der Waals surface area contributed by atoms with Crippen molar-refractivity contribution in [1.29, 1.82) is 0 Å². The zero-order valence-electron chi connectivity index (χ0n) is 7.07. The number of benzene rings is 1. The Hall–Kier alpha value is -0.745. The number of nitrogens with two attached hydrogens (primary N) is 1. The molecule has 1 aromatic heterocycles. The Kier molecular flexibility index (Phi) is 2.40. The van der Waals surface area contributed by atoms with Crippen LogP contribution in [-0.4, -0.2) is 17.2 Å². The molecule has 0 aliphatic rings. The van der Waals surface area contributed by atoms with E-state index >= 15 is 0 Å². The number of nitrogen functional groups attached to an aromatic ring is 1. The third kappa shape index (κ3) is 1.48. The van der Waals surface area contributed by atoms with Crippen molar-refractivity contribution in [2.45, 2.75) is 0 Å². The van der Waals surface area contributed by atoms with Gasteiger partial charge in [-0.3, -0.25) is 0 Å². The summed E-state index contributed by atoms with van der Waals surface area (Å²) >= 11 is 7.35. The first-order chi connectivity index (χ1) is 6.59. The fraction of sp³-hybridized carbons (Fsp3) is 0. The van der Waals surface area contributed by atoms with E-state index in [4.69, 9.17) is 27.4 Å². The average Bonchev–Trinajstić information content (AvgIpc) is 2.46. The van der Waals surface area contributed by atoms with Gasteiger partial charge in [0.25, 0.3) is 0 Å². The molecule has 4 N–H and O–H groups in total. The Labute approximate surface area is 89.9 Å². The van der Waals surface area contributed by atoms with E-state index in [1.54, 1.807) is 11.4 Å². The molecule has 0 aliphatic carbocycles. The van der Waals surface area contributed by atoms with Crippen LogP contribution >= 0.6 is 22.9 Å². The summed E-state index contributed by atoms with van der Waals surface area (Å²) in [6.45, 7) is 0. The number of rotatable bonds is 1. The highest BCUT2D eigenvalue weighted by atomic mass is 35.5. The highest BCUT2D eigenvalue weighted by Crippen LogP contribution is 2.30. The van der Waals surface area contributed by atoms with E-state index in [-0.39, 0.29) is 0 Å². The van der Waals surface area contributed by atoms with Gasteiger partial charge in [0.15, 0.2) is 0 Å². The van der Waals surface area contributed by atoms with Crippen LogP contribution in [-0.2, 0) is 0 Å². The monoisotopic (exact) mass is 227 g/mol. The van der Waals surface area contributed by atoms with Crippen LogP contribution in [0.3, 0.4) is 0 Å². The third-order valence-corrected chi connectivity index (χ3v) is 3.32. The maximum absolute atomic E-state index is 9.13. The zero-order chi connectivity index (χ0) is 10.3. The molecule has 0 aliphatic heterocycles. The molecule has 6 heteroatoms. The first-order valence-corrected chi connectivity index (χ1v) is 5.17. The van der Waals surface area contributed by atoms with E-state index in [9.17, 15) is 0 Å². The first-order valence-electron chi connectivity index (χ1n) is 3.92. The van der Waals surface area contributed by atoms with Crippen molar-refractivity contribution in [1.82, 2.24) is 0 Å². The van der Waals surface area contributed by atoms with Gasteiger partial charge >= 0.3 is 7.12 Å². The van der Waals surface area contributed by atoms with Gasteiger partial charge in [0.05, 0.1) is 5.02 Å². The fourth-order valence-electron chi connectivity index (χ4n) is 1.39. The molecule has 0 atom stereocenters. The Morgan fingerprint density at radius 3 is 2.71 bits per heavy atom. The zero-order valence-corrected chi connectivity index (χ0v) is 8.64. The van der Waals surface area contributed by atoms with Crippen molar-refractivity contribution in [2.75, 3.05) is 5.73 Å². The lowest BCUT2D eigenvalue weighted by atomic mass is 9.78. The third-order valence-electron chi connectivity index (χ3n) is 1.96. The number of anilines is 1. The summed E-state index contributed by atoms with van der Waals surface area (Å²) in [5.41, 5.74) is 6.47. The molecule has 0 bridgehead atoms. The van der Waals surface area contributed by atoms with Crippen molar-refractivity contribution in [3.05, 3.63) is 22.5 Å². The van der Waals surface area contributed by atoms with Gasteiger partial charge in [0.1, 0.15) is 0 Å². The van der Waals surface area contributed by atoms with Crippen molar-refractivity contribution in [3.63, 3.8) is 0 Å². The van der Waals surface area contributed by atoms with Crippen molar-refractivity contribution in [2.24, 2.45) is 0 Å². The standard InChI is InChI=1S/C8H7BClNO2S/c10-6-3-14-7-2-4(11)1-5(8(6)7)9(12)13/h1-3,12-13H,11H2. The van der Waals surface area contributed by atoms with Gasteiger partial charge in [-0.15, -0.1) is 11.3 Å². The SMILES string of the molecule is Nc1cc(B(O)O)c2c(Cl)csc2c1. The summed E-state index contributed by atoms with van der Waals surface area (Å²) in [5, 5.41) is 21.2. The lowest BCUT2D eigenvalue weighted by molar-refractivity contribution is 0.426. The van der Waals surface area contributed by atoms with Crippen molar-refractivity contribution < 1.29 is 10.0 Å². The van der Waals surface area contributed by atoms with Crippen molar-refractivity contribution in [3.8, 4) is 0 Å². The molecule has 14 heavy (non-hydrogen) atoms. The summed E-state index contributed by atoms with van der Waals surface area (Å²) in [5.74, 6) is 0. The largest absolute Gasteiger partial charge is 0.489 e. The van der Waals surface area contributed by atoms with Gasteiger partial charge < -0.3 is 15.8 Å². The molecule has 0 amide bonds. The number of fused-ring (bicyclic) bond motifs is 1. The number of hydrogen-bond acceptors (Lipinski definition) is 4. The van der Waals surface area contributed by atoms with Crippen LogP contribution < -0.4 is 11.2 Å². The lowest BCUT2D eigenvalue weighted by Crippen LogP contribution is -2.30. The van der Waals surface area contributed by atoms with Crippen LogP contribution in [0, 0.1) is 0 Å². The Morgan fingerprint density at radius 2 is 2.07 bits per heavy atom. The van der Waals surface area contributed by atoms with Crippen LogP contribution in [0.1, 0.15) is 0 Å². The molecule has 0 spiro atoms. The maximum atomic E-state index is 9.13. The summed E-state index contributed by atoms with van der Waals surface area (Å²) in [4.78, 5) is 0. The first kappa shape index (κ1) is 9.80. The summed E-state index contributed by atoms with van der Waals surface area (Å²) in [6, 6.07) is 3.28. The van der Waals surface area contributed by atoms with Crippen LogP contribution in [0.15, 0.2) is 17.5 Å². The fourth-order valence-corrected chi connectivity index (χ4v) is 2.68. The Bertz CT molecular complexity index is 485. The molecule has 1 aromatic carbocycles. The van der Waals surface area contributed by atoms with E-state index in [1.807, 2.05) is 0 Å². The number of thiophene rings is 1. The predicted molar refractivity (Wildman–Crippen MR) is 61.1 cm³/mol. The lowest BCUT2D eigenvalue weighted by Gasteiger charge is -2.04. The van der Waals surface area contributed by atoms with Gasteiger partial charge in [0.2, 0.25) is 0 Å². The van der Waals surface area contributed by atoms with Gasteiger partial charge in [-0.2, -0.15) is 0 Å². The van der Waals surface area contributed by atoms with E-state index < -0.39 is 7.12 Å². The molecule has 0 radical (unpaired) electrons. The molecular weight excluding hydrogens is 220 g/mol. The van der Waals surface area contributed by atoms with Gasteiger partial charge in [-0.1, -0.05) is 11.6 Å². The number of halogens is 1. The molecule has 2 aromatic rings. The second kappa shape index (κ2) is 3.44. The van der Waals surface area contributed by atoms with Crippen molar-refractivity contribution >= 4 is 51.3 Å². The quantitative estimate of drug-likeness (QED) is 0.499. The van der Waals surface area contributed by atoms with Crippen LogP contribution in [0.5, 0.6) is 0 Å². The molecular formula is C8H7BClNO2S. The minimum Gasteiger partial charge on any atom is -0.423 e. The average molecular weight is 227 g/mol. The van der Waals surface area contributed by atoms with E-state index in [2.05, 4.69) is 0 Å². The van der Waals surface area contributed by atoms with Gasteiger partial charge in [-0.05, 0) is 17.6 Å². The van der Waals surface area contributed by atoms with Crippen LogP contribution in [0.25, 0.3) is 10.1 Å². The molecule has 3 nitrogen and oxygen atoms in total. The Balaban J connectivity index is 2.83. The molecule has 0 fully saturated rings. The smallest absolute Gasteiger partial charge is 0.423 e. The summed E-state index contributed by atoms with van der Waals surface area (Å²) in [7, 11) is -1.55. The highest BCUT2D eigenvalue weighted by molar-refractivity contribution is 7.18. The van der Waals surface area contributed by atoms with Gasteiger partial charge in [0, 0.05) is 21.2 Å². The molecule has 0 saturated heterocycles. The number of hydrogen-bond donors (Lipinski definition) is 3. The summed E-state index contributed by atoms with van der Waals surface area (Å²) in [6.07, 6.45) is 0. The van der Waals surface area contributed by atoms with Crippen LogP contribution in [0.2, 0.25) is 5.02 Å². The maximum Gasteiger partial charge on any atom is 0.489 e. The molecule has 72 valence electrons. The second-order valence-electron chi connectivity index (χ2n) is 2.94. The van der Waals surface area contributed by atoms with Gasteiger partial charge in [-0.25, -0.2) is 0 Å². The highest BCUT2D eigenvalue weighted by Gasteiger charge is 2.18. The molecule has 2 rings (SSSR count). The minimum atomic E-state index is -1.55. The minimum absolute atomic E-state index is 0.353. The second-order valence-corrected chi connectivity index (χ2v) is 4.26. The summed E-state index contributed by atoms with van der Waals surface area (Å²) < 4.78 is 0.859. The molecule has 0 saturated carbocycles. The Morgan fingerprint density at radius 1 is 1.36 bits per heavy atom. The van der Waals surface area contributed by atoms with Crippen LogP contribution in [0.4, 0.5) is 5.69 Å². The molecule has 1 heterocycles. The van der Waals surface area contributed by atoms with E-state index in [0.29, 0.717) is 21.6 Å². The topological polar surface area (TPSA) is 66.5 Å². The molecule has 0 unspecified atom stereocenters. The normalized spacial score (nSPS) is 10.8. The predicted octanol–water partition coefficient (Wildman–Crippen LogP) is 0.817.